The van der Waals surface area contributed by atoms with E-state index in [4.69, 9.17) is 0 Å². The van der Waals surface area contributed by atoms with Gasteiger partial charge in [-0.2, -0.15) is 0 Å². The Morgan fingerprint density at radius 3 is 2.28 bits per heavy atom. The fraction of sp³-hybridized carbons (Fsp3) is 0.571. The summed E-state index contributed by atoms with van der Waals surface area (Å²) in [6.45, 7) is 5.89. The first-order chi connectivity index (χ1) is 8.38. The molecule has 0 bridgehead atoms. The van der Waals surface area contributed by atoms with Crippen molar-refractivity contribution in [3.05, 3.63) is 35.4 Å². The first kappa shape index (κ1) is 15.2. The second-order valence-corrected chi connectivity index (χ2v) is 7.32. The topological polar surface area (TPSA) is 46.2 Å². The Labute approximate surface area is 111 Å². The third-order valence-electron chi connectivity index (χ3n) is 2.84. The summed E-state index contributed by atoms with van der Waals surface area (Å²) in [4.78, 5) is 0. The standard InChI is InChI=1S/C14H23NO2S/c1-12(2)14-7-5-13(6-8-14)11-15-9-4-10-18(3,16)17/h5-8,12,15H,4,9-11H2,1-3H3. The molecule has 0 spiro atoms. The highest BCUT2D eigenvalue weighted by Gasteiger charge is 2.01. The summed E-state index contributed by atoms with van der Waals surface area (Å²) >= 11 is 0. The Balaban J connectivity index is 2.27. The summed E-state index contributed by atoms with van der Waals surface area (Å²) in [6, 6.07) is 8.55. The van der Waals surface area contributed by atoms with Crippen molar-refractivity contribution in [2.75, 3.05) is 18.6 Å². The molecule has 0 unspecified atom stereocenters. The molecule has 0 fully saturated rings. The maximum absolute atomic E-state index is 10.9. The SMILES string of the molecule is CC(C)c1ccc(CNCCCS(C)(=O)=O)cc1. The van der Waals surface area contributed by atoms with E-state index in [0.29, 0.717) is 12.3 Å². The molecule has 102 valence electrons. The first-order valence-electron chi connectivity index (χ1n) is 6.36. The highest BCUT2D eigenvalue weighted by Crippen LogP contribution is 2.14. The monoisotopic (exact) mass is 269 g/mol. The van der Waals surface area contributed by atoms with Crippen LogP contribution in [-0.4, -0.2) is 27.0 Å². The van der Waals surface area contributed by atoms with Gasteiger partial charge in [0.25, 0.3) is 0 Å². The van der Waals surface area contributed by atoms with Crippen LogP contribution in [0.3, 0.4) is 0 Å². The van der Waals surface area contributed by atoms with Gasteiger partial charge in [-0.25, -0.2) is 8.42 Å². The number of rotatable bonds is 7. The van der Waals surface area contributed by atoms with E-state index in [0.717, 1.165) is 13.1 Å². The van der Waals surface area contributed by atoms with Gasteiger partial charge < -0.3 is 5.32 Å². The minimum atomic E-state index is -2.82. The molecule has 1 N–H and O–H groups in total. The molecule has 0 aromatic heterocycles. The Hall–Kier alpha value is -0.870. The van der Waals surface area contributed by atoms with E-state index in [2.05, 4.69) is 43.4 Å². The summed E-state index contributed by atoms with van der Waals surface area (Å²) in [6.07, 6.45) is 1.94. The molecule has 4 heteroatoms. The number of hydrogen-bond acceptors (Lipinski definition) is 3. The molecular weight excluding hydrogens is 246 g/mol. The van der Waals surface area contributed by atoms with Crippen LogP contribution in [0.25, 0.3) is 0 Å². The molecule has 1 aromatic rings. The van der Waals surface area contributed by atoms with Gasteiger partial charge in [0.15, 0.2) is 0 Å². The molecule has 0 aliphatic heterocycles. The van der Waals surface area contributed by atoms with Crippen molar-refractivity contribution in [2.24, 2.45) is 0 Å². The molecule has 0 saturated heterocycles. The van der Waals surface area contributed by atoms with Crippen molar-refractivity contribution in [2.45, 2.75) is 32.7 Å². The normalized spacial score (nSPS) is 12.0. The van der Waals surface area contributed by atoms with Crippen molar-refractivity contribution < 1.29 is 8.42 Å². The molecule has 0 radical (unpaired) electrons. The lowest BCUT2D eigenvalue weighted by Crippen LogP contribution is -2.17. The van der Waals surface area contributed by atoms with Crippen LogP contribution in [0.1, 0.15) is 37.3 Å². The van der Waals surface area contributed by atoms with E-state index in [1.165, 1.54) is 17.4 Å². The third kappa shape index (κ3) is 6.17. The second kappa shape index (κ2) is 6.90. The number of hydrogen-bond donors (Lipinski definition) is 1. The molecule has 0 heterocycles. The van der Waals surface area contributed by atoms with Gasteiger partial charge in [0, 0.05) is 12.8 Å². The molecule has 1 aromatic carbocycles. The fourth-order valence-electron chi connectivity index (χ4n) is 1.71. The molecule has 18 heavy (non-hydrogen) atoms. The average molecular weight is 269 g/mol. The van der Waals surface area contributed by atoms with Crippen molar-refractivity contribution in [3.63, 3.8) is 0 Å². The molecular formula is C14H23NO2S. The van der Waals surface area contributed by atoms with Gasteiger partial charge in [-0.15, -0.1) is 0 Å². The van der Waals surface area contributed by atoms with E-state index in [1.54, 1.807) is 0 Å². The summed E-state index contributed by atoms with van der Waals surface area (Å²) in [5.74, 6) is 0.813. The predicted molar refractivity (Wildman–Crippen MR) is 76.6 cm³/mol. The molecule has 0 amide bonds. The van der Waals surface area contributed by atoms with E-state index < -0.39 is 9.84 Å². The Morgan fingerprint density at radius 1 is 1.17 bits per heavy atom. The van der Waals surface area contributed by atoms with Crippen LogP contribution in [0.5, 0.6) is 0 Å². The first-order valence-corrected chi connectivity index (χ1v) is 8.42. The summed E-state index contributed by atoms with van der Waals surface area (Å²) < 4.78 is 21.9. The van der Waals surface area contributed by atoms with E-state index in [1.807, 2.05) is 0 Å². The molecule has 3 nitrogen and oxygen atoms in total. The fourth-order valence-corrected chi connectivity index (χ4v) is 2.38. The lowest BCUT2D eigenvalue weighted by molar-refractivity contribution is 0.594. The van der Waals surface area contributed by atoms with Crippen molar-refractivity contribution in [1.82, 2.24) is 5.32 Å². The summed E-state index contributed by atoms with van der Waals surface area (Å²) in [5.41, 5.74) is 2.58. The minimum absolute atomic E-state index is 0.256. The highest BCUT2D eigenvalue weighted by atomic mass is 32.2. The van der Waals surface area contributed by atoms with Gasteiger partial charge >= 0.3 is 0 Å². The quantitative estimate of drug-likeness (QED) is 0.773. The third-order valence-corrected chi connectivity index (χ3v) is 3.87. The van der Waals surface area contributed by atoms with Gasteiger partial charge in [0.05, 0.1) is 5.75 Å². The molecule has 0 aliphatic rings. The maximum Gasteiger partial charge on any atom is 0.147 e. The molecule has 1 rings (SSSR count). The minimum Gasteiger partial charge on any atom is -0.313 e. The average Bonchev–Trinajstić information content (AvgIpc) is 2.27. The summed E-state index contributed by atoms with van der Waals surface area (Å²) in [5, 5.41) is 3.26. The van der Waals surface area contributed by atoms with Crippen LogP contribution >= 0.6 is 0 Å². The van der Waals surface area contributed by atoms with Gasteiger partial charge in [-0.1, -0.05) is 38.1 Å². The number of sulfone groups is 1. The van der Waals surface area contributed by atoms with Crippen LogP contribution in [0.15, 0.2) is 24.3 Å². The van der Waals surface area contributed by atoms with Crippen LogP contribution < -0.4 is 5.32 Å². The van der Waals surface area contributed by atoms with Crippen molar-refractivity contribution in [3.8, 4) is 0 Å². The van der Waals surface area contributed by atoms with E-state index in [-0.39, 0.29) is 5.75 Å². The molecule has 0 atom stereocenters. The van der Waals surface area contributed by atoms with Crippen LogP contribution in [-0.2, 0) is 16.4 Å². The van der Waals surface area contributed by atoms with Gasteiger partial charge in [-0.05, 0) is 30.0 Å². The predicted octanol–water partition coefficient (Wildman–Crippen LogP) is 2.33. The van der Waals surface area contributed by atoms with Crippen molar-refractivity contribution >= 4 is 9.84 Å². The molecule has 0 aliphatic carbocycles. The lowest BCUT2D eigenvalue weighted by atomic mass is 10.0. The van der Waals surface area contributed by atoms with Crippen LogP contribution in [0.4, 0.5) is 0 Å². The van der Waals surface area contributed by atoms with E-state index >= 15 is 0 Å². The number of nitrogens with one attached hydrogen (secondary N) is 1. The summed E-state index contributed by atoms with van der Waals surface area (Å²) in [7, 11) is -2.82. The number of benzene rings is 1. The van der Waals surface area contributed by atoms with Crippen LogP contribution in [0.2, 0.25) is 0 Å². The highest BCUT2D eigenvalue weighted by molar-refractivity contribution is 7.90. The van der Waals surface area contributed by atoms with Gasteiger partial charge in [0.2, 0.25) is 0 Å². The Kier molecular flexibility index (Phi) is 5.82. The Bertz CT molecular complexity index is 449. The largest absolute Gasteiger partial charge is 0.313 e. The van der Waals surface area contributed by atoms with Gasteiger partial charge in [-0.3, -0.25) is 0 Å². The Morgan fingerprint density at radius 2 is 1.78 bits per heavy atom. The van der Waals surface area contributed by atoms with E-state index in [9.17, 15) is 8.42 Å². The van der Waals surface area contributed by atoms with Crippen molar-refractivity contribution in [1.29, 1.82) is 0 Å². The maximum atomic E-state index is 10.9. The lowest BCUT2D eigenvalue weighted by Gasteiger charge is -2.08. The molecule has 0 saturated carbocycles. The zero-order valence-corrected chi connectivity index (χ0v) is 12.3. The zero-order valence-electron chi connectivity index (χ0n) is 11.4. The smallest absolute Gasteiger partial charge is 0.147 e. The second-order valence-electron chi connectivity index (χ2n) is 5.06. The van der Waals surface area contributed by atoms with Crippen LogP contribution in [0, 0.1) is 0 Å². The van der Waals surface area contributed by atoms with Gasteiger partial charge in [0.1, 0.15) is 9.84 Å². The zero-order chi connectivity index (χ0) is 13.6.